The van der Waals surface area contributed by atoms with Crippen molar-refractivity contribution in [2.75, 3.05) is 26.3 Å². The third-order valence-electron chi connectivity index (χ3n) is 2.63. The first-order valence-electron chi connectivity index (χ1n) is 5.44. The molecule has 0 amide bonds. The molecular weight excluding hydrogens is 353 g/mol. The Morgan fingerprint density at radius 2 is 1.82 bits per heavy atom. The minimum absolute atomic E-state index is 0.361. The summed E-state index contributed by atoms with van der Waals surface area (Å²) in [6.07, 6.45) is 0.754. The smallest absolute Gasteiger partial charge is 0.243 e. The van der Waals surface area contributed by atoms with Crippen molar-refractivity contribution in [1.29, 1.82) is 0 Å². The number of nitrogens with zero attached hydrogens (tertiary/aromatic N) is 1. The molecule has 94 valence electrons. The van der Waals surface area contributed by atoms with Crippen LogP contribution >= 0.6 is 22.6 Å². The van der Waals surface area contributed by atoms with Gasteiger partial charge in [0.25, 0.3) is 0 Å². The summed E-state index contributed by atoms with van der Waals surface area (Å²) in [5, 5.41) is 0. The predicted molar refractivity (Wildman–Crippen MR) is 73.4 cm³/mol. The molecule has 0 unspecified atom stereocenters. The molecule has 1 aromatic rings. The topological polar surface area (TPSA) is 46.6 Å². The van der Waals surface area contributed by atoms with Crippen molar-refractivity contribution >= 4 is 32.6 Å². The van der Waals surface area contributed by atoms with Gasteiger partial charge in [-0.05, 0) is 53.3 Å². The molecule has 2 rings (SSSR count). The summed E-state index contributed by atoms with van der Waals surface area (Å²) in [4.78, 5) is 0.361. The molecule has 1 fully saturated rings. The monoisotopic (exact) mass is 367 g/mol. The largest absolute Gasteiger partial charge is 0.380 e. The number of rotatable bonds is 2. The Morgan fingerprint density at radius 3 is 2.53 bits per heavy atom. The lowest BCUT2D eigenvalue weighted by atomic mass is 10.4. The molecule has 4 nitrogen and oxygen atoms in total. The zero-order valence-corrected chi connectivity index (χ0v) is 12.3. The molecule has 0 aromatic heterocycles. The molecule has 1 aromatic carbocycles. The van der Waals surface area contributed by atoms with Gasteiger partial charge >= 0.3 is 0 Å². The van der Waals surface area contributed by atoms with E-state index in [1.165, 1.54) is 4.31 Å². The van der Waals surface area contributed by atoms with E-state index < -0.39 is 10.0 Å². The van der Waals surface area contributed by atoms with Crippen LogP contribution in [0.3, 0.4) is 0 Å². The minimum Gasteiger partial charge on any atom is -0.380 e. The number of halogens is 1. The van der Waals surface area contributed by atoms with Gasteiger partial charge < -0.3 is 4.74 Å². The molecule has 0 atom stereocenters. The van der Waals surface area contributed by atoms with Gasteiger partial charge in [0.05, 0.1) is 11.5 Å². The fourth-order valence-corrected chi connectivity index (χ4v) is 3.54. The summed E-state index contributed by atoms with van der Waals surface area (Å²) in [5.74, 6) is 0. The van der Waals surface area contributed by atoms with Gasteiger partial charge in [-0.2, -0.15) is 4.31 Å². The highest BCUT2D eigenvalue weighted by molar-refractivity contribution is 14.1. The number of hydrogen-bond acceptors (Lipinski definition) is 3. The van der Waals surface area contributed by atoms with Gasteiger partial charge in [0.2, 0.25) is 10.0 Å². The maximum Gasteiger partial charge on any atom is 0.243 e. The van der Waals surface area contributed by atoms with Crippen LogP contribution < -0.4 is 0 Å². The Hall–Kier alpha value is -0.180. The van der Waals surface area contributed by atoms with Crippen molar-refractivity contribution in [3.05, 3.63) is 27.8 Å². The maximum atomic E-state index is 12.3. The second-order valence-electron chi connectivity index (χ2n) is 3.82. The van der Waals surface area contributed by atoms with E-state index in [0.29, 0.717) is 31.2 Å². The molecule has 17 heavy (non-hydrogen) atoms. The lowest BCUT2D eigenvalue weighted by Crippen LogP contribution is -2.33. The predicted octanol–water partition coefficient (Wildman–Crippen LogP) is 1.70. The van der Waals surface area contributed by atoms with Crippen LogP contribution in [0.5, 0.6) is 0 Å². The Bertz CT molecular complexity index is 464. The van der Waals surface area contributed by atoms with Gasteiger partial charge in [-0.1, -0.05) is 0 Å². The van der Waals surface area contributed by atoms with E-state index >= 15 is 0 Å². The van der Waals surface area contributed by atoms with Gasteiger partial charge in [0, 0.05) is 23.3 Å². The van der Waals surface area contributed by atoms with E-state index in [2.05, 4.69) is 22.6 Å². The number of hydrogen-bond donors (Lipinski definition) is 0. The number of sulfonamides is 1. The Morgan fingerprint density at radius 1 is 1.12 bits per heavy atom. The van der Waals surface area contributed by atoms with Gasteiger partial charge in [-0.3, -0.25) is 0 Å². The second kappa shape index (κ2) is 5.64. The molecule has 1 aliphatic rings. The van der Waals surface area contributed by atoms with E-state index in [1.54, 1.807) is 12.1 Å². The lowest BCUT2D eigenvalue weighted by molar-refractivity contribution is 0.148. The molecule has 0 aliphatic carbocycles. The molecule has 0 radical (unpaired) electrons. The fraction of sp³-hybridized carbons (Fsp3) is 0.455. The van der Waals surface area contributed by atoms with Crippen LogP contribution in [-0.2, 0) is 14.8 Å². The first-order chi connectivity index (χ1) is 8.10. The van der Waals surface area contributed by atoms with E-state index in [4.69, 9.17) is 4.74 Å². The molecule has 1 saturated heterocycles. The summed E-state index contributed by atoms with van der Waals surface area (Å²) >= 11 is 2.16. The van der Waals surface area contributed by atoms with Crippen molar-refractivity contribution < 1.29 is 13.2 Å². The van der Waals surface area contributed by atoms with Crippen LogP contribution in [0.25, 0.3) is 0 Å². The maximum absolute atomic E-state index is 12.3. The van der Waals surface area contributed by atoms with Gasteiger partial charge in [-0.25, -0.2) is 8.42 Å². The van der Waals surface area contributed by atoms with Gasteiger partial charge in [-0.15, -0.1) is 0 Å². The Kier molecular flexibility index (Phi) is 4.40. The fourth-order valence-electron chi connectivity index (χ4n) is 1.72. The highest BCUT2D eigenvalue weighted by Gasteiger charge is 2.24. The van der Waals surface area contributed by atoms with E-state index in [1.807, 2.05) is 12.1 Å². The standard InChI is InChI=1S/C11H14INO3S/c12-10-2-4-11(5-3-10)17(14,15)13-6-1-8-16-9-7-13/h2-5H,1,6-9H2. The van der Waals surface area contributed by atoms with Crippen molar-refractivity contribution in [3.63, 3.8) is 0 Å². The lowest BCUT2D eigenvalue weighted by Gasteiger charge is -2.19. The SMILES string of the molecule is O=S(=O)(c1ccc(I)cc1)N1CCCOCC1. The quantitative estimate of drug-likeness (QED) is 0.748. The molecule has 1 heterocycles. The van der Waals surface area contributed by atoms with E-state index in [-0.39, 0.29) is 0 Å². The van der Waals surface area contributed by atoms with Crippen LogP contribution in [0.15, 0.2) is 29.2 Å². The summed E-state index contributed by atoms with van der Waals surface area (Å²) in [5.41, 5.74) is 0. The molecule has 6 heteroatoms. The third-order valence-corrected chi connectivity index (χ3v) is 5.26. The third kappa shape index (κ3) is 3.18. The molecule has 0 bridgehead atoms. The molecular formula is C11H14INO3S. The van der Waals surface area contributed by atoms with E-state index in [0.717, 1.165) is 9.99 Å². The van der Waals surface area contributed by atoms with Crippen LogP contribution in [-0.4, -0.2) is 39.0 Å². The van der Waals surface area contributed by atoms with Crippen molar-refractivity contribution in [1.82, 2.24) is 4.31 Å². The first kappa shape index (κ1) is 13.3. The average Bonchev–Trinajstić information content (AvgIpc) is 2.58. The normalized spacial score (nSPS) is 18.9. The average molecular weight is 367 g/mol. The van der Waals surface area contributed by atoms with Crippen molar-refractivity contribution in [2.45, 2.75) is 11.3 Å². The van der Waals surface area contributed by atoms with Gasteiger partial charge in [0.1, 0.15) is 0 Å². The molecule has 1 aliphatic heterocycles. The second-order valence-corrected chi connectivity index (χ2v) is 7.01. The van der Waals surface area contributed by atoms with Crippen LogP contribution in [0.1, 0.15) is 6.42 Å². The van der Waals surface area contributed by atoms with Crippen molar-refractivity contribution in [3.8, 4) is 0 Å². The first-order valence-corrected chi connectivity index (χ1v) is 7.96. The van der Waals surface area contributed by atoms with Crippen LogP contribution in [0.4, 0.5) is 0 Å². The zero-order chi connectivity index (χ0) is 12.3. The van der Waals surface area contributed by atoms with E-state index in [9.17, 15) is 8.42 Å². The molecule has 0 spiro atoms. The Balaban J connectivity index is 2.25. The van der Waals surface area contributed by atoms with Crippen molar-refractivity contribution in [2.24, 2.45) is 0 Å². The summed E-state index contributed by atoms with van der Waals surface area (Å²) in [6.45, 7) is 2.09. The number of ether oxygens (including phenoxy) is 1. The van der Waals surface area contributed by atoms with Gasteiger partial charge in [0.15, 0.2) is 0 Å². The minimum atomic E-state index is -3.35. The Labute approximate surface area is 115 Å². The molecule has 0 saturated carbocycles. The highest BCUT2D eigenvalue weighted by atomic mass is 127. The summed E-state index contributed by atoms with van der Waals surface area (Å²) in [6, 6.07) is 6.93. The summed E-state index contributed by atoms with van der Waals surface area (Å²) < 4.78 is 32.4. The summed E-state index contributed by atoms with van der Waals surface area (Å²) in [7, 11) is -3.35. The highest BCUT2D eigenvalue weighted by Crippen LogP contribution is 2.18. The molecule has 0 N–H and O–H groups in total. The van der Waals surface area contributed by atoms with Crippen LogP contribution in [0.2, 0.25) is 0 Å². The zero-order valence-electron chi connectivity index (χ0n) is 9.30. The number of benzene rings is 1. The van der Waals surface area contributed by atoms with Crippen LogP contribution in [0, 0.1) is 3.57 Å².